The number of benzene rings is 2. The summed E-state index contributed by atoms with van der Waals surface area (Å²) in [7, 11) is 3.65. The summed E-state index contributed by atoms with van der Waals surface area (Å²) >= 11 is 12.1. The van der Waals surface area contributed by atoms with Gasteiger partial charge in [0.2, 0.25) is 0 Å². The van der Waals surface area contributed by atoms with Gasteiger partial charge in [0, 0.05) is 25.3 Å². The Kier molecular flexibility index (Phi) is 5.34. The van der Waals surface area contributed by atoms with Crippen molar-refractivity contribution in [3.05, 3.63) is 58.1 Å². The topological polar surface area (TPSA) is 38.5 Å². The van der Waals surface area contributed by atoms with Crippen molar-refractivity contribution in [3.8, 4) is 5.75 Å². The molecule has 21 heavy (non-hydrogen) atoms. The van der Waals surface area contributed by atoms with E-state index in [2.05, 4.69) is 4.90 Å². The molecule has 112 valence electrons. The molecule has 0 heterocycles. The van der Waals surface area contributed by atoms with E-state index < -0.39 is 0 Å². The molecular weight excluding hydrogens is 307 g/mol. The van der Waals surface area contributed by atoms with Crippen LogP contribution in [-0.2, 0) is 0 Å². The van der Waals surface area contributed by atoms with Crippen LogP contribution in [0.15, 0.2) is 42.5 Å². The molecule has 1 atom stereocenters. The highest BCUT2D eigenvalue weighted by molar-refractivity contribution is 6.42. The fraction of sp³-hybridized carbons (Fsp3) is 0.250. The van der Waals surface area contributed by atoms with Crippen LogP contribution in [0, 0.1) is 0 Å². The maximum atomic E-state index is 6.10. The predicted octanol–water partition coefficient (Wildman–Crippen LogP) is 4.14. The molecule has 2 aromatic carbocycles. The average molecular weight is 325 g/mol. The summed E-state index contributed by atoms with van der Waals surface area (Å²) in [6.45, 7) is 0.464. The molecule has 2 rings (SSSR count). The van der Waals surface area contributed by atoms with E-state index in [1.54, 1.807) is 13.2 Å². The summed E-state index contributed by atoms with van der Waals surface area (Å²) in [5.41, 5.74) is 8.00. The second kappa shape index (κ2) is 7.03. The zero-order chi connectivity index (χ0) is 15.4. The van der Waals surface area contributed by atoms with Crippen LogP contribution in [-0.4, -0.2) is 20.7 Å². The van der Waals surface area contributed by atoms with Gasteiger partial charge in [-0.15, -0.1) is 0 Å². The van der Waals surface area contributed by atoms with Crippen LogP contribution in [0.1, 0.15) is 11.6 Å². The molecule has 3 nitrogen and oxygen atoms in total. The van der Waals surface area contributed by atoms with Gasteiger partial charge >= 0.3 is 0 Å². The Morgan fingerprint density at radius 2 is 1.90 bits per heavy atom. The van der Waals surface area contributed by atoms with Gasteiger partial charge in [-0.25, -0.2) is 0 Å². The molecule has 0 bridgehead atoms. The van der Waals surface area contributed by atoms with Crippen molar-refractivity contribution >= 4 is 28.9 Å². The molecule has 0 radical (unpaired) electrons. The summed E-state index contributed by atoms with van der Waals surface area (Å²) in [6, 6.07) is 13.5. The molecule has 0 saturated carbocycles. The number of methoxy groups -OCH3 is 1. The van der Waals surface area contributed by atoms with Crippen LogP contribution in [0.5, 0.6) is 5.75 Å². The Morgan fingerprint density at radius 1 is 1.14 bits per heavy atom. The van der Waals surface area contributed by atoms with Crippen LogP contribution in [0.3, 0.4) is 0 Å². The van der Waals surface area contributed by atoms with Gasteiger partial charge in [0.25, 0.3) is 0 Å². The van der Waals surface area contributed by atoms with Gasteiger partial charge in [0.15, 0.2) is 0 Å². The summed E-state index contributed by atoms with van der Waals surface area (Å²) in [4.78, 5) is 2.10. The third-order valence-electron chi connectivity index (χ3n) is 3.48. The first-order valence-corrected chi connectivity index (χ1v) is 7.34. The van der Waals surface area contributed by atoms with Crippen molar-refractivity contribution in [3.63, 3.8) is 0 Å². The number of anilines is 1. The molecule has 0 aliphatic heterocycles. The summed E-state index contributed by atoms with van der Waals surface area (Å²) in [6.07, 6.45) is 0. The minimum absolute atomic E-state index is 0.00636. The number of ether oxygens (including phenoxy) is 1. The first kappa shape index (κ1) is 16.0. The number of hydrogen-bond acceptors (Lipinski definition) is 3. The van der Waals surface area contributed by atoms with Crippen LogP contribution in [0.25, 0.3) is 0 Å². The molecule has 0 aromatic heterocycles. The molecular formula is C16H18Cl2N2O. The van der Waals surface area contributed by atoms with E-state index in [1.807, 2.05) is 43.4 Å². The monoisotopic (exact) mass is 324 g/mol. The second-order valence-electron chi connectivity index (χ2n) is 4.74. The van der Waals surface area contributed by atoms with Crippen molar-refractivity contribution in [1.29, 1.82) is 0 Å². The summed E-state index contributed by atoms with van der Waals surface area (Å²) in [5, 5.41) is 1.08. The molecule has 0 fully saturated rings. The van der Waals surface area contributed by atoms with Crippen molar-refractivity contribution in [2.45, 2.75) is 6.04 Å². The van der Waals surface area contributed by atoms with Gasteiger partial charge in [0.1, 0.15) is 5.75 Å². The maximum Gasteiger partial charge on any atom is 0.120 e. The smallest absolute Gasteiger partial charge is 0.120 e. The van der Waals surface area contributed by atoms with Gasteiger partial charge < -0.3 is 15.4 Å². The number of hydrogen-bond donors (Lipinski definition) is 1. The van der Waals surface area contributed by atoms with Gasteiger partial charge in [-0.2, -0.15) is 0 Å². The number of rotatable bonds is 5. The standard InChI is InChI=1S/C16H18Cl2N2O/c1-20(12-4-3-5-13(9-12)21-2)16(10-19)11-6-7-14(17)15(18)8-11/h3-9,16H,10,19H2,1-2H3. The summed E-state index contributed by atoms with van der Waals surface area (Å²) in [5.74, 6) is 0.809. The number of nitrogens with two attached hydrogens (primary N) is 1. The van der Waals surface area contributed by atoms with E-state index in [1.165, 1.54) is 0 Å². The van der Waals surface area contributed by atoms with E-state index in [9.17, 15) is 0 Å². The third kappa shape index (κ3) is 3.62. The zero-order valence-electron chi connectivity index (χ0n) is 12.0. The maximum absolute atomic E-state index is 6.10. The highest BCUT2D eigenvalue weighted by atomic mass is 35.5. The van der Waals surface area contributed by atoms with E-state index in [0.717, 1.165) is 17.0 Å². The highest BCUT2D eigenvalue weighted by Crippen LogP contribution is 2.31. The second-order valence-corrected chi connectivity index (χ2v) is 5.55. The minimum atomic E-state index is 0.00636. The van der Waals surface area contributed by atoms with Gasteiger partial charge in [-0.05, 0) is 29.8 Å². The molecule has 0 aliphatic carbocycles. The number of nitrogens with zero attached hydrogens (tertiary/aromatic N) is 1. The minimum Gasteiger partial charge on any atom is -0.497 e. The highest BCUT2D eigenvalue weighted by Gasteiger charge is 2.17. The molecule has 2 aromatic rings. The largest absolute Gasteiger partial charge is 0.497 e. The van der Waals surface area contributed by atoms with Crippen molar-refractivity contribution in [2.24, 2.45) is 5.73 Å². The van der Waals surface area contributed by atoms with Gasteiger partial charge in [0.05, 0.1) is 23.2 Å². The Labute approximate surface area is 135 Å². The van der Waals surface area contributed by atoms with Crippen molar-refractivity contribution in [2.75, 3.05) is 25.6 Å². The van der Waals surface area contributed by atoms with Crippen molar-refractivity contribution in [1.82, 2.24) is 0 Å². The van der Waals surface area contributed by atoms with Crippen LogP contribution in [0.4, 0.5) is 5.69 Å². The van der Waals surface area contributed by atoms with Crippen LogP contribution < -0.4 is 15.4 Å². The zero-order valence-corrected chi connectivity index (χ0v) is 13.5. The normalized spacial score (nSPS) is 12.0. The molecule has 0 saturated heterocycles. The predicted molar refractivity (Wildman–Crippen MR) is 89.7 cm³/mol. The van der Waals surface area contributed by atoms with E-state index in [4.69, 9.17) is 33.7 Å². The molecule has 0 amide bonds. The van der Waals surface area contributed by atoms with E-state index in [-0.39, 0.29) is 6.04 Å². The van der Waals surface area contributed by atoms with Gasteiger partial charge in [-0.3, -0.25) is 0 Å². The van der Waals surface area contributed by atoms with Crippen LogP contribution in [0.2, 0.25) is 10.0 Å². The van der Waals surface area contributed by atoms with Crippen LogP contribution >= 0.6 is 23.2 Å². The third-order valence-corrected chi connectivity index (χ3v) is 4.22. The fourth-order valence-electron chi connectivity index (χ4n) is 2.25. The Morgan fingerprint density at radius 3 is 2.52 bits per heavy atom. The lowest BCUT2D eigenvalue weighted by Crippen LogP contribution is -2.30. The molecule has 1 unspecified atom stereocenters. The quantitative estimate of drug-likeness (QED) is 0.898. The SMILES string of the molecule is COc1cccc(N(C)C(CN)c2ccc(Cl)c(Cl)c2)c1. The lowest BCUT2D eigenvalue weighted by molar-refractivity contribution is 0.414. The number of halogens is 2. The molecule has 5 heteroatoms. The van der Waals surface area contributed by atoms with E-state index in [0.29, 0.717) is 16.6 Å². The van der Waals surface area contributed by atoms with E-state index >= 15 is 0 Å². The molecule has 2 N–H and O–H groups in total. The number of likely N-dealkylation sites (N-methyl/N-ethyl adjacent to an activating group) is 1. The Balaban J connectivity index is 2.32. The lowest BCUT2D eigenvalue weighted by atomic mass is 10.0. The lowest BCUT2D eigenvalue weighted by Gasteiger charge is -2.30. The first-order valence-electron chi connectivity index (χ1n) is 6.58. The van der Waals surface area contributed by atoms with Crippen molar-refractivity contribution < 1.29 is 4.74 Å². The molecule has 0 aliphatic rings. The molecule has 0 spiro atoms. The Bertz CT molecular complexity index is 619. The summed E-state index contributed by atoms with van der Waals surface area (Å²) < 4.78 is 5.26. The van der Waals surface area contributed by atoms with Gasteiger partial charge in [-0.1, -0.05) is 35.3 Å². The average Bonchev–Trinajstić information content (AvgIpc) is 2.51. The fourth-order valence-corrected chi connectivity index (χ4v) is 2.55. The first-order chi connectivity index (χ1) is 10.1. The Hall–Kier alpha value is -1.42.